The Balaban J connectivity index is 2.87. The Labute approximate surface area is 89.2 Å². The highest BCUT2D eigenvalue weighted by molar-refractivity contribution is 5.86. The van der Waals surface area contributed by atoms with E-state index in [2.05, 4.69) is 10.1 Å². The van der Waals surface area contributed by atoms with Crippen molar-refractivity contribution in [1.82, 2.24) is 14.6 Å². The molecule has 0 radical (unpaired) electrons. The number of aliphatic hydroxyl groups excluding tert-OH is 1. The number of carboxylic acids is 1. The van der Waals surface area contributed by atoms with Gasteiger partial charge in [0.05, 0.1) is 6.61 Å². The minimum atomic E-state index is -1.18. The van der Waals surface area contributed by atoms with E-state index >= 15 is 0 Å². The Bertz CT molecular complexity index is 611. The summed E-state index contributed by atoms with van der Waals surface area (Å²) in [4.78, 5) is 14.7. The van der Waals surface area contributed by atoms with Gasteiger partial charge in [0.25, 0.3) is 0 Å². The zero-order valence-electron chi connectivity index (χ0n) is 7.95. The van der Waals surface area contributed by atoms with Crippen LogP contribution in [0.3, 0.4) is 0 Å². The van der Waals surface area contributed by atoms with E-state index in [0.717, 1.165) is 4.52 Å². The topological polar surface area (TPSA) is 112 Å². The van der Waals surface area contributed by atoms with Gasteiger partial charge >= 0.3 is 5.97 Å². The van der Waals surface area contributed by atoms with E-state index in [1.54, 1.807) is 0 Å². The number of nitrogens with zero attached hydrogens (tertiary/aromatic N) is 4. The highest BCUT2D eigenvalue weighted by atomic mass is 16.4. The lowest BCUT2D eigenvalue weighted by atomic mass is 10.2. The number of carboxylic acid groups (broad SMARTS) is 1. The van der Waals surface area contributed by atoms with Gasteiger partial charge in [0.2, 0.25) is 0 Å². The molecular formula is C9H6N4O3. The summed E-state index contributed by atoms with van der Waals surface area (Å²) in [6.07, 6.45) is 1.28. The standard InChI is InChI=1S/C9H6N4O3/c10-3-5-6(4-14)12-13-7(9(15)16)1-2-11-8(5)13/h1-2,14H,4H2,(H,15,16). The predicted octanol–water partition coefficient (Wildman–Crippen LogP) is -0.209. The number of hydrogen-bond acceptors (Lipinski definition) is 5. The fourth-order valence-corrected chi connectivity index (χ4v) is 1.38. The first-order chi connectivity index (χ1) is 7.69. The normalized spacial score (nSPS) is 10.2. The maximum absolute atomic E-state index is 10.9. The molecule has 2 N–H and O–H groups in total. The van der Waals surface area contributed by atoms with Crippen molar-refractivity contribution in [2.24, 2.45) is 0 Å². The number of fused-ring (bicyclic) bond motifs is 1. The lowest BCUT2D eigenvalue weighted by molar-refractivity contribution is 0.0687. The van der Waals surface area contributed by atoms with E-state index in [0.29, 0.717) is 0 Å². The van der Waals surface area contributed by atoms with Crippen molar-refractivity contribution < 1.29 is 15.0 Å². The van der Waals surface area contributed by atoms with Gasteiger partial charge in [0, 0.05) is 6.20 Å². The number of aliphatic hydroxyl groups is 1. The third kappa shape index (κ3) is 1.29. The first-order valence-corrected chi connectivity index (χ1v) is 4.30. The van der Waals surface area contributed by atoms with Crippen LogP contribution < -0.4 is 0 Å². The number of carbonyl (C=O) groups is 1. The Morgan fingerprint density at radius 2 is 2.38 bits per heavy atom. The maximum atomic E-state index is 10.9. The van der Waals surface area contributed by atoms with Crippen molar-refractivity contribution in [3.8, 4) is 6.07 Å². The molecule has 0 saturated carbocycles. The lowest BCUT2D eigenvalue weighted by Gasteiger charge is -1.96. The summed E-state index contributed by atoms with van der Waals surface area (Å²) in [6, 6.07) is 3.11. The minimum Gasteiger partial charge on any atom is -0.477 e. The Morgan fingerprint density at radius 1 is 1.62 bits per heavy atom. The molecule has 0 spiro atoms. The average molecular weight is 218 g/mol. The molecule has 2 rings (SSSR count). The van der Waals surface area contributed by atoms with Gasteiger partial charge in [-0.25, -0.2) is 14.3 Å². The maximum Gasteiger partial charge on any atom is 0.354 e. The molecule has 0 bridgehead atoms. The van der Waals surface area contributed by atoms with Crippen LogP contribution in [-0.2, 0) is 6.61 Å². The second kappa shape index (κ2) is 3.60. The smallest absolute Gasteiger partial charge is 0.354 e. The molecule has 2 aromatic rings. The van der Waals surface area contributed by atoms with E-state index in [1.165, 1.54) is 12.3 Å². The fraction of sp³-hybridized carbons (Fsp3) is 0.111. The molecule has 7 nitrogen and oxygen atoms in total. The van der Waals surface area contributed by atoms with E-state index < -0.39 is 12.6 Å². The van der Waals surface area contributed by atoms with E-state index in [-0.39, 0.29) is 22.6 Å². The van der Waals surface area contributed by atoms with Crippen LogP contribution in [0.25, 0.3) is 5.65 Å². The molecule has 7 heteroatoms. The van der Waals surface area contributed by atoms with Gasteiger partial charge in [-0.05, 0) is 6.07 Å². The van der Waals surface area contributed by atoms with Gasteiger partial charge in [-0.2, -0.15) is 10.4 Å². The second-order valence-corrected chi connectivity index (χ2v) is 2.96. The molecule has 2 heterocycles. The molecule has 16 heavy (non-hydrogen) atoms. The Kier molecular flexibility index (Phi) is 2.27. The number of nitriles is 1. The molecule has 0 aliphatic carbocycles. The van der Waals surface area contributed by atoms with E-state index in [9.17, 15) is 4.79 Å². The third-order valence-corrected chi connectivity index (χ3v) is 2.07. The van der Waals surface area contributed by atoms with Gasteiger partial charge in [0.1, 0.15) is 17.3 Å². The van der Waals surface area contributed by atoms with Crippen LogP contribution in [0.2, 0.25) is 0 Å². The second-order valence-electron chi connectivity index (χ2n) is 2.96. The molecule has 0 atom stereocenters. The van der Waals surface area contributed by atoms with Gasteiger partial charge < -0.3 is 10.2 Å². The molecule has 0 saturated heterocycles. The Morgan fingerprint density at radius 3 is 2.94 bits per heavy atom. The summed E-state index contributed by atoms with van der Waals surface area (Å²) in [5.74, 6) is -1.18. The van der Waals surface area contributed by atoms with Crippen LogP contribution >= 0.6 is 0 Å². The zero-order valence-corrected chi connectivity index (χ0v) is 7.95. The van der Waals surface area contributed by atoms with Crippen molar-refractivity contribution in [2.75, 3.05) is 0 Å². The minimum absolute atomic E-state index is 0.0885. The summed E-state index contributed by atoms with van der Waals surface area (Å²) in [5, 5.41) is 30.6. The van der Waals surface area contributed by atoms with Crippen LogP contribution in [0.5, 0.6) is 0 Å². The van der Waals surface area contributed by atoms with Gasteiger partial charge in [-0.1, -0.05) is 0 Å². The van der Waals surface area contributed by atoms with Gasteiger partial charge in [-0.15, -0.1) is 0 Å². The predicted molar refractivity (Wildman–Crippen MR) is 50.6 cm³/mol. The molecular weight excluding hydrogens is 212 g/mol. The van der Waals surface area contributed by atoms with Crippen LogP contribution in [0, 0.1) is 11.3 Å². The van der Waals surface area contributed by atoms with Crippen molar-refractivity contribution in [3.63, 3.8) is 0 Å². The highest BCUT2D eigenvalue weighted by Gasteiger charge is 2.17. The highest BCUT2D eigenvalue weighted by Crippen LogP contribution is 2.14. The van der Waals surface area contributed by atoms with Crippen molar-refractivity contribution >= 4 is 11.6 Å². The van der Waals surface area contributed by atoms with Crippen molar-refractivity contribution in [3.05, 3.63) is 29.2 Å². The van der Waals surface area contributed by atoms with Gasteiger partial charge in [-0.3, -0.25) is 0 Å². The molecule has 80 valence electrons. The third-order valence-electron chi connectivity index (χ3n) is 2.07. The van der Waals surface area contributed by atoms with Crippen LogP contribution in [0.1, 0.15) is 21.7 Å². The van der Waals surface area contributed by atoms with Crippen LogP contribution in [0.4, 0.5) is 0 Å². The van der Waals surface area contributed by atoms with Crippen LogP contribution in [-0.4, -0.2) is 30.8 Å². The van der Waals surface area contributed by atoms with E-state index in [4.69, 9.17) is 15.5 Å². The molecule has 0 unspecified atom stereocenters. The lowest BCUT2D eigenvalue weighted by Crippen LogP contribution is -2.07. The molecule has 2 aromatic heterocycles. The first-order valence-electron chi connectivity index (χ1n) is 4.30. The van der Waals surface area contributed by atoms with Crippen LogP contribution in [0.15, 0.2) is 12.3 Å². The van der Waals surface area contributed by atoms with Gasteiger partial charge in [0.15, 0.2) is 11.3 Å². The SMILES string of the molecule is N#Cc1c(CO)nn2c(C(=O)O)ccnc12. The molecule has 0 aromatic carbocycles. The largest absolute Gasteiger partial charge is 0.477 e. The van der Waals surface area contributed by atoms with Crippen molar-refractivity contribution in [1.29, 1.82) is 5.26 Å². The number of aromatic carboxylic acids is 1. The molecule has 0 aliphatic rings. The summed E-state index contributed by atoms with van der Waals surface area (Å²) in [5.41, 5.74) is 0.224. The summed E-state index contributed by atoms with van der Waals surface area (Å²) in [7, 11) is 0. The number of hydrogen-bond donors (Lipinski definition) is 2. The Hall–Kier alpha value is -2.46. The zero-order chi connectivity index (χ0) is 11.7. The summed E-state index contributed by atoms with van der Waals surface area (Å²) >= 11 is 0. The first kappa shape index (κ1) is 10.1. The molecule has 0 amide bonds. The van der Waals surface area contributed by atoms with Crippen molar-refractivity contribution in [2.45, 2.75) is 6.61 Å². The molecule has 0 aliphatic heterocycles. The summed E-state index contributed by atoms with van der Waals surface area (Å²) < 4.78 is 1.03. The average Bonchev–Trinajstić information content (AvgIpc) is 2.65. The van der Waals surface area contributed by atoms with E-state index in [1.807, 2.05) is 6.07 Å². The molecule has 0 fully saturated rings. The monoisotopic (exact) mass is 218 g/mol. The quantitative estimate of drug-likeness (QED) is 0.721. The summed E-state index contributed by atoms with van der Waals surface area (Å²) in [6.45, 7) is -0.439. The number of rotatable bonds is 2. The number of aromatic nitrogens is 3. The fourth-order valence-electron chi connectivity index (χ4n) is 1.38.